The highest BCUT2D eigenvalue weighted by Gasteiger charge is 2.49. The summed E-state index contributed by atoms with van der Waals surface area (Å²) in [5.74, 6) is 0.383. The first-order valence-corrected chi connectivity index (χ1v) is 12.6. The molecular weight excluding hydrogens is 512 g/mol. The molecule has 0 bridgehead atoms. The Hall–Kier alpha value is -3.61. The summed E-state index contributed by atoms with van der Waals surface area (Å²) in [7, 11) is 0. The van der Waals surface area contributed by atoms with Gasteiger partial charge in [-0.05, 0) is 45.4 Å². The number of carbonyl (C=O) groups excluding carboxylic acids is 3. The number of hydrogen-bond acceptors (Lipinski definition) is 13. The standard InChI is InChI=1S/C24H28O12S/c1-5-29-22(26)34-17-12-37-21(20(36-24(28)31-7-3)19(17)35-23(27)30-6-2)32-14-8-9-15-13(4)10-18(25)33-16(15)11-14/h8-11,17,19-21H,5-7,12H2,1-4H3/t17-,19+,20-,21-/m1/s1. The average molecular weight is 541 g/mol. The van der Waals surface area contributed by atoms with Crippen LogP contribution in [-0.2, 0) is 28.4 Å². The third kappa shape index (κ3) is 7.44. The van der Waals surface area contributed by atoms with Gasteiger partial charge in [0.2, 0.25) is 0 Å². The maximum absolute atomic E-state index is 12.3. The molecule has 0 aliphatic carbocycles. The molecule has 0 radical (unpaired) electrons. The third-order valence-corrected chi connectivity index (χ3v) is 6.27. The minimum Gasteiger partial charge on any atom is -0.476 e. The Morgan fingerprint density at radius 2 is 1.49 bits per heavy atom. The summed E-state index contributed by atoms with van der Waals surface area (Å²) < 4.78 is 42.2. The SMILES string of the molecule is CCOC(=O)O[C@@H]1[C@@H](OC(=O)OCC)[C@H](OC(=O)OCC)CS[C@H]1Oc1ccc2c(C)cc(=O)oc2c1. The van der Waals surface area contributed by atoms with Crippen LogP contribution in [0.2, 0.25) is 0 Å². The van der Waals surface area contributed by atoms with Gasteiger partial charge >= 0.3 is 24.1 Å². The van der Waals surface area contributed by atoms with Crippen LogP contribution in [0.4, 0.5) is 14.4 Å². The van der Waals surface area contributed by atoms with Crippen molar-refractivity contribution in [3.05, 3.63) is 40.2 Å². The van der Waals surface area contributed by atoms with Gasteiger partial charge in [-0.2, -0.15) is 0 Å². The van der Waals surface area contributed by atoms with Gasteiger partial charge in [-0.1, -0.05) is 0 Å². The molecule has 37 heavy (non-hydrogen) atoms. The van der Waals surface area contributed by atoms with E-state index in [1.807, 2.05) is 0 Å². The molecule has 2 aromatic rings. The average Bonchev–Trinajstić information content (AvgIpc) is 2.82. The number of benzene rings is 1. The van der Waals surface area contributed by atoms with Crippen LogP contribution in [-0.4, -0.2) is 67.8 Å². The van der Waals surface area contributed by atoms with Gasteiger partial charge in [0.05, 0.1) is 19.8 Å². The van der Waals surface area contributed by atoms with E-state index >= 15 is 0 Å². The van der Waals surface area contributed by atoms with Crippen molar-refractivity contribution < 1.29 is 52.0 Å². The molecule has 0 amide bonds. The van der Waals surface area contributed by atoms with Gasteiger partial charge in [-0.3, -0.25) is 0 Å². The maximum atomic E-state index is 12.3. The number of fused-ring (bicyclic) bond motifs is 1. The summed E-state index contributed by atoms with van der Waals surface area (Å²) in [6, 6.07) is 6.27. The zero-order valence-corrected chi connectivity index (χ0v) is 21.6. The van der Waals surface area contributed by atoms with Crippen LogP contribution >= 0.6 is 11.8 Å². The highest BCUT2D eigenvalue weighted by molar-refractivity contribution is 7.99. The van der Waals surface area contributed by atoms with Crippen molar-refractivity contribution in [2.24, 2.45) is 0 Å². The Morgan fingerprint density at radius 3 is 2.11 bits per heavy atom. The summed E-state index contributed by atoms with van der Waals surface area (Å²) in [6.07, 6.45) is -6.77. The number of rotatable bonds is 8. The first kappa shape index (κ1) is 28.0. The van der Waals surface area contributed by atoms with Crippen LogP contribution in [0.25, 0.3) is 11.0 Å². The largest absolute Gasteiger partial charge is 0.508 e. The van der Waals surface area contributed by atoms with Crippen molar-refractivity contribution >= 4 is 41.2 Å². The van der Waals surface area contributed by atoms with E-state index in [1.54, 1.807) is 39.8 Å². The van der Waals surface area contributed by atoms with E-state index in [9.17, 15) is 19.2 Å². The van der Waals surface area contributed by atoms with Crippen molar-refractivity contribution in [1.29, 1.82) is 0 Å². The van der Waals surface area contributed by atoms with Crippen molar-refractivity contribution in [1.82, 2.24) is 0 Å². The lowest BCUT2D eigenvalue weighted by Crippen LogP contribution is -2.56. The number of hydrogen-bond donors (Lipinski definition) is 0. The van der Waals surface area contributed by atoms with Gasteiger partial charge in [0.1, 0.15) is 11.3 Å². The monoisotopic (exact) mass is 540 g/mol. The summed E-state index contributed by atoms with van der Waals surface area (Å²) in [5.41, 5.74) is -0.427. The van der Waals surface area contributed by atoms with E-state index in [0.29, 0.717) is 11.0 Å². The van der Waals surface area contributed by atoms with Crippen LogP contribution in [0.5, 0.6) is 5.75 Å². The molecule has 13 heteroatoms. The fraction of sp³-hybridized carbons (Fsp3) is 0.500. The molecule has 0 unspecified atom stereocenters. The second-order valence-electron chi connectivity index (χ2n) is 7.60. The highest BCUT2D eigenvalue weighted by Crippen LogP contribution is 2.35. The summed E-state index contributed by atoms with van der Waals surface area (Å²) in [6.45, 7) is 6.67. The van der Waals surface area contributed by atoms with Gasteiger partial charge < -0.3 is 37.6 Å². The predicted octanol–water partition coefficient (Wildman–Crippen LogP) is 4.18. The smallest absolute Gasteiger partial charge is 0.476 e. The molecule has 1 aromatic heterocycles. The fourth-order valence-electron chi connectivity index (χ4n) is 3.53. The summed E-state index contributed by atoms with van der Waals surface area (Å²) in [4.78, 5) is 48.3. The fourth-order valence-corrected chi connectivity index (χ4v) is 4.74. The Labute approximate surface area is 216 Å². The molecule has 0 N–H and O–H groups in total. The zero-order chi connectivity index (χ0) is 26.9. The van der Waals surface area contributed by atoms with E-state index < -0.39 is 47.8 Å². The Balaban J connectivity index is 1.93. The lowest BCUT2D eigenvalue weighted by Gasteiger charge is -2.39. The first-order chi connectivity index (χ1) is 17.7. The van der Waals surface area contributed by atoms with Gasteiger partial charge in [0.25, 0.3) is 0 Å². The van der Waals surface area contributed by atoms with Gasteiger partial charge in [0, 0.05) is 23.3 Å². The van der Waals surface area contributed by atoms with Crippen molar-refractivity contribution in [3.8, 4) is 5.75 Å². The number of aryl methyl sites for hydroxylation is 1. The van der Waals surface area contributed by atoms with Crippen LogP contribution in [0.3, 0.4) is 0 Å². The Bertz CT molecular complexity index is 1160. The Kier molecular flexibility index (Phi) is 9.89. The lowest BCUT2D eigenvalue weighted by atomic mass is 10.1. The molecule has 1 aliphatic rings. The summed E-state index contributed by atoms with van der Waals surface area (Å²) in [5, 5.41) is 0.717. The molecule has 202 valence electrons. The van der Waals surface area contributed by atoms with E-state index in [0.717, 1.165) is 17.3 Å². The second kappa shape index (κ2) is 13.1. The van der Waals surface area contributed by atoms with Crippen LogP contribution in [0.15, 0.2) is 33.5 Å². The number of thioether (sulfide) groups is 1. The van der Waals surface area contributed by atoms with Crippen molar-refractivity contribution in [2.75, 3.05) is 25.6 Å². The van der Waals surface area contributed by atoms with Crippen LogP contribution in [0.1, 0.15) is 26.3 Å². The molecule has 0 spiro atoms. The lowest BCUT2D eigenvalue weighted by molar-refractivity contribution is -0.119. The molecule has 1 saturated heterocycles. The van der Waals surface area contributed by atoms with Gasteiger partial charge in [-0.25, -0.2) is 19.2 Å². The Morgan fingerprint density at radius 1 is 0.892 bits per heavy atom. The molecule has 4 atom stereocenters. The molecule has 2 heterocycles. The van der Waals surface area contributed by atoms with Crippen LogP contribution in [0, 0.1) is 6.92 Å². The van der Waals surface area contributed by atoms with Crippen molar-refractivity contribution in [2.45, 2.75) is 51.4 Å². The first-order valence-electron chi connectivity index (χ1n) is 11.6. The van der Waals surface area contributed by atoms with Crippen LogP contribution < -0.4 is 10.4 Å². The number of carbonyl (C=O) groups is 3. The molecule has 3 rings (SSSR count). The normalized spacial score (nSPS) is 21.0. The molecule has 0 saturated carbocycles. The predicted molar refractivity (Wildman–Crippen MR) is 130 cm³/mol. The van der Waals surface area contributed by atoms with E-state index in [4.69, 9.17) is 37.6 Å². The number of ether oxygens (including phenoxy) is 7. The highest BCUT2D eigenvalue weighted by atomic mass is 32.2. The second-order valence-corrected chi connectivity index (χ2v) is 8.73. The van der Waals surface area contributed by atoms with E-state index in [1.165, 1.54) is 12.1 Å². The van der Waals surface area contributed by atoms with Crippen molar-refractivity contribution in [3.63, 3.8) is 0 Å². The third-order valence-electron chi connectivity index (χ3n) is 5.06. The quantitative estimate of drug-likeness (QED) is 0.268. The topological polar surface area (TPSA) is 146 Å². The minimum absolute atomic E-state index is 0.0226. The minimum atomic E-state index is -1.32. The zero-order valence-electron chi connectivity index (χ0n) is 20.8. The molecule has 1 aromatic carbocycles. The molecular formula is C24H28O12S. The van der Waals surface area contributed by atoms with E-state index in [2.05, 4.69) is 0 Å². The maximum Gasteiger partial charge on any atom is 0.508 e. The van der Waals surface area contributed by atoms with E-state index in [-0.39, 0.29) is 31.3 Å². The molecule has 12 nitrogen and oxygen atoms in total. The van der Waals surface area contributed by atoms with Gasteiger partial charge in [0.15, 0.2) is 23.7 Å². The molecule has 1 fully saturated rings. The van der Waals surface area contributed by atoms with Gasteiger partial charge in [-0.15, -0.1) is 11.8 Å². The molecule has 1 aliphatic heterocycles. The summed E-state index contributed by atoms with van der Waals surface area (Å²) >= 11 is 1.14.